The molecule has 0 bridgehead atoms. The van der Waals surface area contributed by atoms with Crippen LogP contribution in [0.1, 0.15) is 0 Å². The lowest BCUT2D eigenvalue weighted by atomic mass is 10.2. The van der Waals surface area contributed by atoms with Gasteiger partial charge in [0.15, 0.2) is 0 Å². The van der Waals surface area contributed by atoms with Crippen molar-refractivity contribution in [2.45, 2.75) is 6.54 Å². The van der Waals surface area contributed by atoms with Crippen LogP contribution >= 0.6 is 0 Å². The number of fused-ring (bicyclic) bond motifs is 1. The Balaban J connectivity index is 1.32. The fourth-order valence-corrected chi connectivity index (χ4v) is 3.89. The summed E-state index contributed by atoms with van der Waals surface area (Å²) in [6, 6.07) is 9.43. The van der Waals surface area contributed by atoms with Gasteiger partial charge in [0, 0.05) is 42.8 Å². The van der Waals surface area contributed by atoms with Crippen molar-refractivity contribution in [2.24, 2.45) is 0 Å². The number of nitrogens with one attached hydrogen (secondary N) is 3. The Morgan fingerprint density at radius 2 is 2.03 bits per heavy atom. The van der Waals surface area contributed by atoms with Crippen molar-refractivity contribution in [3.05, 3.63) is 61.7 Å². The summed E-state index contributed by atoms with van der Waals surface area (Å²) in [6.07, 6.45) is 6.65. The van der Waals surface area contributed by atoms with Crippen LogP contribution in [0.25, 0.3) is 22.3 Å². The van der Waals surface area contributed by atoms with E-state index in [1.165, 1.54) is 12.4 Å². The van der Waals surface area contributed by atoms with Crippen molar-refractivity contribution in [1.29, 1.82) is 0 Å². The number of morpholine rings is 1. The maximum absolute atomic E-state index is 11.6. The van der Waals surface area contributed by atoms with Gasteiger partial charge in [-0.3, -0.25) is 14.4 Å². The maximum Gasteiger partial charge on any atom is 0.247 e. The zero-order chi connectivity index (χ0) is 23.3. The highest BCUT2D eigenvalue weighted by molar-refractivity contribution is 5.99. The Labute approximate surface area is 196 Å². The van der Waals surface area contributed by atoms with Crippen LogP contribution < -0.4 is 10.6 Å². The van der Waals surface area contributed by atoms with Gasteiger partial charge < -0.3 is 20.4 Å². The molecule has 1 aliphatic rings. The van der Waals surface area contributed by atoms with Crippen LogP contribution in [0.5, 0.6) is 0 Å². The Kier molecular flexibility index (Phi) is 6.32. The molecule has 4 aromatic rings. The number of aromatic nitrogens is 5. The van der Waals surface area contributed by atoms with E-state index in [9.17, 15) is 4.79 Å². The summed E-state index contributed by atoms with van der Waals surface area (Å²) in [7, 11) is 0. The van der Waals surface area contributed by atoms with Gasteiger partial charge in [-0.05, 0) is 30.3 Å². The molecule has 0 unspecified atom stereocenters. The van der Waals surface area contributed by atoms with Gasteiger partial charge in [0.2, 0.25) is 5.91 Å². The molecule has 1 fully saturated rings. The molecule has 34 heavy (non-hydrogen) atoms. The fourth-order valence-electron chi connectivity index (χ4n) is 3.89. The molecule has 3 N–H and O–H groups in total. The SMILES string of the molecule is C=CC(=O)Nc1cccc(Nc2ncnc3[nH]c(-c4cnn(CCN5CCOCC5)c4)cc23)c1. The number of hydrogen-bond acceptors (Lipinski definition) is 7. The summed E-state index contributed by atoms with van der Waals surface area (Å²) in [6.45, 7) is 8.78. The zero-order valence-electron chi connectivity index (χ0n) is 18.7. The van der Waals surface area contributed by atoms with E-state index < -0.39 is 0 Å². The molecule has 3 aromatic heterocycles. The summed E-state index contributed by atoms with van der Waals surface area (Å²) in [4.78, 5) is 26.1. The molecule has 0 aliphatic carbocycles. The first kappa shape index (κ1) is 21.8. The molecule has 0 atom stereocenters. The maximum atomic E-state index is 11.6. The second-order valence-electron chi connectivity index (χ2n) is 8.01. The number of amides is 1. The smallest absolute Gasteiger partial charge is 0.247 e. The quantitative estimate of drug-likeness (QED) is 0.348. The molecule has 10 heteroatoms. The Morgan fingerprint density at radius 1 is 1.18 bits per heavy atom. The lowest BCUT2D eigenvalue weighted by molar-refractivity contribution is -0.111. The van der Waals surface area contributed by atoms with E-state index in [-0.39, 0.29) is 5.91 Å². The van der Waals surface area contributed by atoms with Crippen molar-refractivity contribution in [3.8, 4) is 11.3 Å². The Bertz CT molecular complexity index is 1310. The number of carbonyl (C=O) groups excluding carboxylic acids is 1. The first-order valence-electron chi connectivity index (χ1n) is 11.1. The van der Waals surface area contributed by atoms with Crippen LogP contribution in [0.15, 0.2) is 61.7 Å². The van der Waals surface area contributed by atoms with Gasteiger partial charge in [0.25, 0.3) is 0 Å². The third-order valence-electron chi connectivity index (χ3n) is 5.70. The van der Waals surface area contributed by atoms with E-state index in [2.05, 4.69) is 42.2 Å². The Morgan fingerprint density at radius 3 is 2.88 bits per heavy atom. The molecule has 1 saturated heterocycles. The van der Waals surface area contributed by atoms with E-state index >= 15 is 0 Å². The minimum atomic E-state index is -0.262. The molecule has 174 valence electrons. The van der Waals surface area contributed by atoms with E-state index in [1.54, 1.807) is 0 Å². The molecule has 4 heterocycles. The highest BCUT2D eigenvalue weighted by Crippen LogP contribution is 2.29. The number of aromatic amines is 1. The minimum Gasteiger partial charge on any atom is -0.379 e. The van der Waals surface area contributed by atoms with Gasteiger partial charge in [0.1, 0.15) is 17.8 Å². The van der Waals surface area contributed by atoms with Crippen molar-refractivity contribution in [3.63, 3.8) is 0 Å². The normalized spacial score (nSPS) is 14.2. The third kappa shape index (κ3) is 4.98. The Hall–Kier alpha value is -4.02. The topological polar surface area (TPSA) is 113 Å². The molecule has 1 amide bonds. The van der Waals surface area contributed by atoms with Crippen LogP contribution in [-0.4, -0.2) is 68.4 Å². The summed E-state index contributed by atoms with van der Waals surface area (Å²) < 4.78 is 7.37. The van der Waals surface area contributed by atoms with Gasteiger partial charge in [-0.2, -0.15) is 5.10 Å². The number of carbonyl (C=O) groups is 1. The first-order chi connectivity index (χ1) is 16.7. The molecule has 0 spiro atoms. The second-order valence-corrected chi connectivity index (χ2v) is 8.01. The number of nitrogens with zero attached hydrogens (tertiary/aromatic N) is 5. The van der Waals surface area contributed by atoms with Crippen molar-refractivity contribution < 1.29 is 9.53 Å². The molecular weight excluding hydrogens is 432 g/mol. The molecule has 5 rings (SSSR count). The third-order valence-corrected chi connectivity index (χ3v) is 5.70. The fraction of sp³-hybridized carbons (Fsp3) is 0.250. The summed E-state index contributed by atoms with van der Waals surface area (Å²) >= 11 is 0. The van der Waals surface area contributed by atoms with Crippen LogP contribution in [0.3, 0.4) is 0 Å². The van der Waals surface area contributed by atoms with Crippen molar-refractivity contribution >= 4 is 34.1 Å². The predicted octanol–water partition coefficient (Wildman–Crippen LogP) is 3.02. The highest BCUT2D eigenvalue weighted by Gasteiger charge is 2.13. The lowest BCUT2D eigenvalue weighted by Gasteiger charge is -2.26. The molecule has 1 aromatic carbocycles. The number of H-pyrrole nitrogens is 1. The molecule has 0 saturated carbocycles. The van der Waals surface area contributed by atoms with Crippen LogP contribution in [0.2, 0.25) is 0 Å². The van der Waals surface area contributed by atoms with Gasteiger partial charge in [-0.15, -0.1) is 0 Å². The van der Waals surface area contributed by atoms with Gasteiger partial charge in [-0.1, -0.05) is 12.6 Å². The van der Waals surface area contributed by atoms with Gasteiger partial charge in [-0.25, -0.2) is 9.97 Å². The average molecular weight is 459 g/mol. The van der Waals surface area contributed by atoms with Gasteiger partial charge in [0.05, 0.1) is 37.0 Å². The number of rotatable bonds is 8. The van der Waals surface area contributed by atoms with Crippen molar-refractivity contribution in [1.82, 2.24) is 29.6 Å². The molecule has 0 radical (unpaired) electrons. The summed E-state index contributed by atoms with van der Waals surface area (Å²) in [5.41, 5.74) is 4.09. The standard InChI is InChI=1S/C24H26N8O2/c1-2-22(33)28-18-4-3-5-19(12-18)29-23-20-13-21(30-24(20)26-16-25-23)17-14-27-32(15-17)7-6-31-8-10-34-11-9-31/h2-5,12-16H,1,6-11H2,(H,28,33)(H2,25,26,29,30). The molecule has 10 nitrogen and oxygen atoms in total. The second kappa shape index (κ2) is 9.86. The van der Waals surface area contributed by atoms with Crippen LogP contribution in [0.4, 0.5) is 17.2 Å². The van der Waals surface area contributed by atoms with Crippen LogP contribution in [-0.2, 0) is 16.1 Å². The zero-order valence-corrected chi connectivity index (χ0v) is 18.7. The molecular formula is C24H26N8O2. The number of anilines is 3. The van der Waals surface area contributed by atoms with E-state index in [4.69, 9.17) is 4.74 Å². The molecule has 1 aliphatic heterocycles. The lowest BCUT2D eigenvalue weighted by Crippen LogP contribution is -2.38. The van der Waals surface area contributed by atoms with E-state index in [1.807, 2.05) is 47.4 Å². The van der Waals surface area contributed by atoms with Crippen LogP contribution in [0, 0.1) is 0 Å². The van der Waals surface area contributed by atoms with Crippen molar-refractivity contribution in [2.75, 3.05) is 43.5 Å². The van der Waals surface area contributed by atoms with E-state index in [0.29, 0.717) is 11.5 Å². The largest absolute Gasteiger partial charge is 0.379 e. The number of ether oxygens (including phenoxy) is 1. The average Bonchev–Trinajstić information content (AvgIpc) is 3.51. The summed E-state index contributed by atoms with van der Waals surface area (Å²) in [5.74, 6) is 0.404. The minimum absolute atomic E-state index is 0.262. The highest BCUT2D eigenvalue weighted by atomic mass is 16.5. The van der Waals surface area contributed by atoms with Gasteiger partial charge >= 0.3 is 0 Å². The predicted molar refractivity (Wildman–Crippen MR) is 131 cm³/mol. The number of benzene rings is 1. The number of hydrogen-bond donors (Lipinski definition) is 3. The first-order valence-corrected chi connectivity index (χ1v) is 11.1. The monoisotopic (exact) mass is 458 g/mol. The summed E-state index contributed by atoms with van der Waals surface area (Å²) in [5, 5.41) is 11.5. The van der Waals surface area contributed by atoms with E-state index in [0.717, 1.165) is 67.4 Å².